The highest BCUT2D eigenvalue weighted by molar-refractivity contribution is 5.67. The van der Waals surface area contributed by atoms with Gasteiger partial charge in [-0.1, -0.05) is 0 Å². The van der Waals surface area contributed by atoms with Crippen molar-refractivity contribution in [1.82, 2.24) is 4.90 Å². The number of ether oxygens (including phenoxy) is 10. The van der Waals surface area contributed by atoms with Gasteiger partial charge >= 0.3 is 11.9 Å². The molecular formula is C30H59NO14. The molecule has 0 saturated carbocycles. The highest BCUT2D eigenvalue weighted by Crippen LogP contribution is 2.05. The van der Waals surface area contributed by atoms with Crippen molar-refractivity contribution in [3.63, 3.8) is 0 Å². The molecule has 0 aliphatic heterocycles. The predicted molar refractivity (Wildman–Crippen MR) is 164 cm³/mol. The first kappa shape index (κ1) is 43.5. The molecule has 0 atom stereocenters. The van der Waals surface area contributed by atoms with Crippen LogP contribution in [0.4, 0.5) is 0 Å². The standard InChI is InChI=1S/C30H59NO14/c1-30(2,3)45-27-26-44-25-24-43-23-18-40-13-8-31(6-11-38-16-21-41-19-14-36-9-4-28(32)33)7-12-39-17-22-42-20-15-37-10-5-29(34)35/h4-27H2,1-3H3,(H,32,33)(H,34,35). The van der Waals surface area contributed by atoms with Crippen molar-refractivity contribution in [2.45, 2.75) is 39.2 Å². The Labute approximate surface area is 268 Å². The van der Waals surface area contributed by atoms with Gasteiger partial charge in [-0.3, -0.25) is 14.5 Å². The molecule has 268 valence electrons. The van der Waals surface area contributed by atoms with Crippen LogP contribution in [-0.2, 0) is 57.0 Å². The highest BCUT2D eigenvalue weighted by atomic mass is 16.6. The van der Waals surface area contributed by atoms with Crippen molar-refractivity contribution in [1.29, 1.82) is 0 Å². The molecule has 0 aliphatic carbocycles. The molecule has 0 bridgehead atoms. The van der Waals surface area contributed by atoms with Gasteiger partial charge < -0.3 is 57.6 Å². The Morgan fingerprint density at radius 1 is 0.422 bits per heavy atom. The van der Waals surface area contributed by atoms with E-state index in [2.05, 4.69) is 4.90 Å². The topological polar surface area (TPSA) is 170 Å². The second-order valence-electron chi connectivity index (χ2n) is 10.6. The molecule has 0 saturated heterocycles. The van der Waals surface area contributed by atoms with Crippen molar-refractivity contribution < 1.29 is 67.2 Å². The van der Waals surface area contributed by atoms with Crippen LogP contribution in [0, 0.1) is 0 Å². The molecule has 0 amide bonds. The highest BCUT2D eigenvalue weighted by Gasteiger charge is 2.09. The molecule has 2 N–H and O–H groups in total. The third kappa shape index (κ3) is 38.6. The van der Waals surface area contributed by atoms with Gasteiger partial charge in [0.2, 0.25) is 0 Å². The minimum absolute atomic E-state index is 0.0195. The zero-order valence-corrected chi connectivity index (χ0v) is 27.7. The number of aliphatic carboxylic acids is 2. The SMILES string of the molecule is CC(C)(C)OCCOCCOCCOCCN(CCOCCOCCOCCC(=O)O)CCOCCOCCOCCC(=O)O. The lowest BCUT2D eigenvalue weighted by atomic mass is 10.2. The fraction of sp³-hybridized carbons (Fsp3) is 0.933. The molecule has 0 radical (unpaired) electrons. The van der Waals surface area contributed by atoms with E-state index in [0.717, 1.165) is 0 Å². The molecule has 15 heteroatoms. The summed E-state index contributed by atoms with van der Waals surface area (Å²) in [5, 5.41) is 17.2. The van der Waals surface area contributed by atoms with Gasteiger partial charge in [-0.05, 0) is 20.8 Å². The van der Waals surface area contributed by atoms with Crippen LogP contribution in [0.3, 0.4) is 0 Å². The maximum absolute atomic E-state index is 10.4. The number of nitrogens with zero attached hydrogens (tertiary/aromatic N) is 1. The van der Waals surface area contributed by atoms with Crippen LogP contribution in [0.15, 0.2) is 0 Å². The average Bonchev–Trinajstić information content (AvgIpc) is 2.97. The third-order valence-electron chi connectivity index (χ3n) is 5.57. The van der Waals surface area contributed by atoms with E-state index in [9.17, 15) is 9.59 Å². The Hall–Kier alpha value is -1.50. The van der Waals surface area contributed by atoms with Crippen LogP contribution in [0.5, 0.6) is 0 Å². The Balaban J connectivity index is 3.97. The maximum atomic E-state index is 10.4. The van der Waals surface area contributed by atoms with Gasteiger partial charge in [0.1, 0.15) is 0 Å². The summed E-state index contributed by atoms with van der Waals surface area (Å²) >= 11 is 0. The Morgan fingerprint density at radius 2 is 0.667 bits per heavy atom. The lowest BCUT2D eigenvalue weighted by Crippen LogP contribution is -2.34. The largest absolute Gasteiger partial charge is 0.481 e. The van der Waals surface area contributed by atoms with Gasteiger partial charge in [-0.2, -0.15) is 0 Å². The molecule has 45 heavy (non-hydrogen) atoms. The first-order valence-electron chi connectivity index (χ1n) is 15.7. The van der Waals surface area contributed by atoms with E-state index >= 15 is 0 Å². The van der Waals surface area contributed by atoms with Crippen molar-refractivity contribution in [3.8, 4) is 0 Å². The van der Waals surface area contributed by atoms with Crippen molar-refractivity contribution >= 4 is 11.9 Å². The van der Waals surface area contributed by atoms with Gasteiger partial charge in [0, 0.05) is 19.6 Å². The van der Waals surface area contributed by atoms with E-state index in [0.29, 0.717) is 132 Å². The van der Waals surface area contributed by atoms with E-state index in [-0.39, 0.29) is 31.7 Å². The molecule has 0 heterocycles. The summed E-state index contributed by atoms with van der Waals surface area (Å²) in [6, 6.07) is 0. The third-order valence-corrected chi connectivity index (χ3v) is 5.57. The molecule has 0 fully saturated rings. The fourth-order valence-electron chi connectivity index (χ4n) is 3.27. The fourth-order valence-corrected chi connectivity index (χ4v) is 3.27. The molecule has 0 aromatic rings. The monoisotopic (exact) mass is 657 g/mol. The Kier molecular flexibility index (Phi) is 31.4. The average molecular weight is 658 g/mol. The molecule has 0 unspecified atom stereocenters. The summed E-state index contributed by atoms with van der Waals surface area (Å²) in [6.07, 6.45) is -0.0390. The minimum Gasteiger partial charge on any atom is -0.481 e. The summed E-state index contributed by atoms with van der Waals surface area (Å²) in [5.41, 5.74) is -0.163. The number of carboxylic acids is 2. The molecule has 0 aromatic carbocycles. The summed E-state index contributed by atoms with van der Waals surface area (Å²) in [6.45, 7) is 16.3. The number of carboxylic acid groups (broad SMARTS) is 2. The van der Waals surface area contributed by atoms with E-state index in [1.165, 1.54) is 0 Å². The Morgan fingerprint density at radius 3 is 0.933 bits per heavy atom. The van der Waals surface area contributed by atoms with E-state index in [1.54, 1.807) is 0 Å². The molecular weight excluding hydrogens is 598 g/mol. The maximum Gasteiger partial charge on any atom is 0.305 e. The van der Waals surface area contributed by atoms with Crippen molar-refractivity contribution in [2.75, 3.05) is 145 Å². The lowest BCUT2D eigenvalue weighted by molar-refractivity contribution is -0.139. The zero-order chi connectivity index (χ0) is 33.3. The summed E-state index contributed by atoms with van der Waals surface area (Å²) in [4.78, 5) is 23.1. The summed E-state index contributed by atoms with van der Waals surface area (Å²) in [5.74, 6) is -1.77. The molecule has 0 spiro atoms. The van der Waals surface area contributed by atoms with Gasteiger partial charge in [-0.25, -0.2) is 0 Å². The van der Waals surface area contributed by atoms with Crippen LogP contribution < -0.4 is 0 Å². The number of rotatable bonds is 36. The molecule has 15 nitrogen and oxygen atoms in total. The summed E-state index contributed by atoms with van der Waals surface area (Å²) < 4.78 is 55.0. The second-order valence-corrected chi connectivity index (χ2v) is 10.6. The Bertz CT molecular complexity index is 629. The number of hydrogen-bond acceptors (Lipinski definition) is 13. The van der Waals surface area contributed by atoms with Gasteiger partial charge in [0.25, 0.3) is 0 Å². The molecule has 0 aromatic heterocycles. The predicted octanol–water partition coefficient (Wildman–Crippen LogP) is 1.20. The van der Waals surface area contributed by atoms with Crippen molar-refractivity contribution in [2.24, 2.45) is 0 Å². The van der Waals surface area contributed by atoms with Gasteiger partial charge in [0.05, 0.1) is 144 Å². The quantitative estimate of drug-likeness (QED) is 0.0921. The second kappa shape index (κ2) is 32.4. The van der Waals surface area contributed by atoms with Crippen LogP contribution in [0.1, 0.15) is 33.6 Å². The first-order valence-corrected chi connectivity index (χ1v) is 15.7. The van der Waals surface area contributed by atoms with Crippen LogP contribution >= 0.6 is 0 Å². The molecule has 0 rings (SSSR count). The van der Waals surface area contributed by atoms with E-state index in [1.807, 2.05) is 20.8 Å². The van der Waals surface area contributed by atoms with Gasteiger partial charge in [0.15, 0.2) is 0 Å². The summed E-state index contributed by atoms with van der Waals surface area (Å²) in [7, 11) is 0. The molecule has 0 aliphatic rings. The first-order chi connectivity index (χ1) is 21.7. The zero-order valence-electron chi connectivity index (χ0n) is 27.7. The van der Waals surface area contributed by atoms with Crippen LogP contribution in [0.25, 0.3) is 0 Å². The van der Waals surface area contributed by atoms with Crippen molar-refractivity contribution in [3.05, 3.63) is 0 Å². The minimum atomic E-state index is -0.886. The number of carbonyl (C=O) groups is 2. The van der Waals surface area contributed by atoms with E-state index in [4.69, 9.17) is 57.6 Å². The van der Waals surface area contributed by atoms with E-state index < -0.39 is 11.9 Å². The van der Waals surface area contributed by atoms with Crippen LogP contribution in [0.2, 0.25) is 0 Å². The normalized spacial score (nSPS) is 11.9. The van der Waals surface area contributed by atoms with Gasteiger partial charge in [-0.15, -0.1) is 0 Å². The smallest absolute Gasteiger partial charge is 0.305 e. The number of hydrogen-bond donors (Lipinski definition) is 2. The van der Waals surface area contributed by atoms with Crippen LogP contribution in [-0.4, -0.2) is 178 Å². The lowest BCUT2D eigenvalue weighted by Gasteiger charge is -2.22.